The number of benzene rings is 1. The summed E-state index contributed by atoms with van der Waals surface area (Å²) in [5, 5.41) is 11.8. The fourth-order valence-electron chi connectivity index (χ4n) is 2.98. The summed E-state index contributed by atoms with van der Waals surface area (Å²) in [5.41, 5.74) is 2.68. The topological polar surface area (TPSA) is 94.5 Å². The quantitative estimate of drug-likeness (QED) is 0.379. The summed E-state index contributed by atoms with van der Waals surface area (Å²) in [4.78, 5) is 24.6. The molecule has 0 saturated heterocycles. The average Bonchev–Trinajstić information content (AvgIpc) is 3.27. The largest absolute Gasteiger partial charge is 0.465 e. The van der Waals surface area contributed by atoms with Gasteiger partial charge in [-0.1, -0.05) is 23.7 Å². The van der Waals surface area contributed by atoms with Gasteiger partial charge in [0.1, 0.15) is 9.88 Å². The number of carbonyl (C=O) groups excluding carboxylic acids is 2. The first-order valence-corrected chi connectivity index (χ1v) is 11.0. The van der Waals surface area contributed by atoms with E-state index in [9.17, 15) is 9.59 Å². The molecule has 168 valence electrons. The molecule has 0 unspecified atom stereocenters. The van der Waals surface area contributed by atoms with Crippen molar-refractivity contribution < 1.29 is 19.1 Å². The maximum absolute atomic E-state index is 12.3. The van der Waals surface area contributed by atoms with Crippen LogP contribution in [0.25, 0.3) is 0 Å². The number of anilines is 2. The van der Waals surface area contributed by atoms with Gasteiger partial charge in [-0.05, 0) is 49.3 Å². The van der Waals surface area contributed by atoms with Gasteiger partial charge in [-0.15, -0.1) is 11.3 Å². The van der Waals surface area contributed by atoms with Crippen LogP contribution in [0.1, 0.15) is 36.9 Å². The zero-order valence-corrected chi connectivity index (χ0v) is 20.2. The van der Waals surface area contributed by atoms with Crippen LogP contribution in [0.4, 0.5) is 10.8 Å². The van der Waals surface area contributed by atoms with Gasteiger partial charge in [-0.3, -0.25) is 4.68 Å². The minimum atomic E-state index is -0.581. The molecule has 1 aromatic carbocycles. The third-order valence-electron chi connectivity index (χ3n) is 4.60. The van der Waals surface area contributed by atoms with E-state index >= 15 is 0 Å². The van der Waals surface area contributed by atoms with E-state index in [-0.39, 0.29) is 10.7 Å². The molecule has 0 fully saturated rings. The molecule has 2 heterocycles. The van der Waals surface area contributed by atoms with E-state index in [1.165, 1.54) is 14.2 Å². The van der Waals surface area contributed by atoms with Crippen LogP contribution in [-0.2, 0) is 16.0 Å². The van der Waals surface area contributed by atoms with Gasteiger partial charge in [0.2, 0.25) is 0 Å². The highest BCUT2D eigenvalue weighted by atomic mass is 35.5. The number of aryl methyl sites for hydroxylation is 1. The number of thiocarbonyl (C=S) groups is 1. The number of carbonyl (C=O) groups is 2. The number of thiophene rings is 1. The number of nitrogens with one attached hydrogen (secondary N) is 2. The van der Waals surface area contributed by atoms with Gasteiger partial charge in [0, 0.05) is 16.8 Å². The number of hydrogen-bond acceptors (Lipinski definition) is 7. The zero-order valence-electron chi connectivity index (χ0n) is 17.8. The van der Waals surface area contributed by atoms with E-state index in [1.807, 2.05) is 41.9 Å². The highest BCUT2D eigenvalue weighted by Gasteiger charge is 2.26. The van der Waals surface area contributed by atoms with E-state index < -0.39 is 11.9 Å². The van der Waals surface area contributed by atoms with Gasteiger partial charge in [-0.25, -0.2) is 9.59 Å². The summed E-state index contributed by atoms with van der Waals surface area (Å²) in [6.07, 6.45) is 0. The molecule has 0 aliphatic carbocycles. The molecule has 32 heavy (non-hydrogen) atoms. The standard InChI is InChI=1S/C21H21ClN4O4S2/c1-11-9-15(25-26(11)10-13-5-7-14(22)8-6-13)23-21(31)24-18-16(19(27)29-3)12(2)17(32-18)20(28)30-4/h5-9H,10H2,1-4H3,(H2,23,24,25,31). The second-order valence-electron chi connectivity index (χ2n) is 6.78. The van der Waals surface area contributed by atoms with Gasteiger partial charge in [0.05, 0.1) is 26.3 Å². The summed E-state index contributed by atoms with van der Waals surface area (Å²) >= 11 is 12.4. The molecular weight excluding hydrogens is 472 g/mol. The van der Waals surface area contributed by atoms with Gasteiger partial charge >= 0.3 is 11.9 Å². The molecule has 2 N–H and O–H groups in total. The van der Waals surface area contributed by atoms with Crippen molar-refractivity contribution in [2.24, 2.45) is 0 Å². The first-order valence-electron chi connectivity index (χ1n) is 9.40. The van der Waals surface area contributed by atoms with E-state index in [2.05, 4.69) is 15.7 Å². The van der Waals surface area contributed by atoms with Crippen molar-refractivity contribution in [3.05, 3.63) is 62.6 Å². The SMILES string of the molecule is COC(=O)c1sc(NC(=S)Nc2cc(C)n(Cc3ccc(Cl)cc3)n2)c(C(=O)OC)c1C. The Hall–Kier alpha value is -2.95. The van der Waals surface area contributed by atoms with Crippen LogP contribution in [0.15, 0.2) is 30.3 Å². The van der Waals surface area contributed by atoms with Crippen molar-refractivity contribution in [3.63, 3.8) is 0 Å². The van der Waals surface area contributed by atoms with Crippen molar-refractivity contribution in [2.45, 2.75) is 20.4 Å². The van der Waals surface area contributed by atoms with E-state index in [1.54, 1.807) is 6.92 Å². The van der Waals surface area contributed by atoms with Crippen molar-refractivity contribution in [3.8, 4) is 0 Å². The lowest BCUT2D eigenvalue weighted by Gasteiger charge is -2.09. The minimum absolute atomic E-state index is 0.212. The van der Waals surface area contributed by atoms with Crippen LogP contribution in [0.2, 0.25) is 5.02 Å². The van der Waals surface area contributed by atoms with Crippen molar-refractivity contribution >= 4 is 63.0 Å². The van der Waals surface area contributed by atoms with Crippen LogP contribution >= 0.6 is 35.2 Å². The Morgan fingerprint density at radius 2 is 1.78 bits per heavy atom. The number of ether oxygens (including phenoxy) is 2. The first kappa shape index (κ1) is 23.7. The zero-order chi connectivity index (χ0) is 23.4. The summed E-state index contributed by atoms with van der Waals surface area (Å²) in [7, 11) is 2.55. The first-order chi connectivity index (χ1) is 15.2. The molecule has 11 heteroatoms. The van der Waals surface area contributed by atoms with Gasteiger partial charge < -0.3 is 20.1 Å². The smallest absolute Gasteiger partial charge is 0.348 e. The Kier molecular flexibility index (Phi) is 7.49. The Morgan fingerprint density at radius 1 is 1.12 bits per heavy atom. The average molecular weight is 493 g/mol. The molecule has 0 aliphatic heterocycles. The third kappa shape index (κ3) is 5.26. The molecule has 8 nitrogen and oxygen atoms in total. The minimum Gasteiger partial charge on any atom is -0.465 e. The third-order valence-corrected chi connectivity index (χ3v) is 6.25. The molecule has 0 amide bonds. The number of nitrogens with zero attached hydrogens (tertiary/aromatic N) is 2. The number of halogens is 1. The monoisotopic (exact) mass is 492 g/mol. The molecule has 0 bridgehead atoms. The summed E-state index contributed by atoms with van der Waals surface area (Å²) in [6.45, 7) is 4.16. The highest BCUT2D eigenvalue weighted by molar-refractivity contribution is 7.80. The van der Waals surface area contributed by atoms with Crippen LogP contribution in [0, 0.1) is 13.8 Å². The Labute approximate surface area is 199 Å². The highest BCUT2D eigenvalue weighted by Crippen LogP contribution is 2.34. The number of hydrogen-bond donors (Lipinski definition) is 2. The number of aromatic nitrogens is 2. The maximum atomic E-state index is 12.3. The second kappa shape index (κ2) is 10.1. The van der Waals surface area contributed by atoms with Crippen LogP contribution in [-0.4, -0.2) is 41.1 Å². The number of methoxy groups -OCH3 is 2. The van der Waals surface area contributed by atoms with Crippen LogP contribution in [0.3, 0.4) is 0 Å². The van der Waals surface area contributed by atoms with E-state index in [0.29, 0.717) is 32.8 Å². The summed E-state index contributed by atoms with van der Waals surface area (Å²) < 4.78 is 11.5. The molecule has 0 saturated carbocycles. The number of rotatable bonds is 6. The maximum Gasteiger partial charge on any atom is 0.348 e. The second-order valence-corrected chi connectivity index (χ2v) is 8.64. The molecule has 0 spiro atoms. The van der Waals surface area contributed by atoms with Gasteiger partial charge in [-0.2, -0.15) is 5.10 Å². The lowest BCUT2D eigenvalue weighted by atomic mass is 10.1. The molecule has 3 aromatic rings. The fourth-order valence-corrected chi connectivity index (χ4v) is 4.50. The van der Waals surface area contributed by atoms with Crippen LogP contribution < -0.4 is 10.6 Å². The Morgan fingerprint density at radius 3 is 2.41 bits per heavy atom. The van der Waals surface area contributed by atoms with Crippen LogP contribution in [0.5, 0.6) is 0 Å². The molecule has 0 radical (unpaired) electrons. The van der Waals surface area contributed by atoms with E-state index in [0.717, 1.165) is 22.6 Å². The molecular formula is C21H21ClN4O4S2. The van der Waals surface area contributed by atoms with Crippen molar-refractivity contribution in [2.75, 3.05) is 24.9 Å². The number of esters is 2. The predicted octanol–water partition coefficient (Wildman–Crippen LogP) is 4.65. The summed E-state index contributed by atoms with van der Waals surface area (Å²) in [5.74, 6) is -0.585. The Bertz CT molecular complexity index is 1170. The molecule has 3 rings (SSSR count). The summed E-state index contributed by atoms with van der Waals surface area (Å²) in [6, 6.07) is 9.39. The Balaban J connectivity index is 1.76. The van der Waals surface area contributed by atoms with Crippen molar-refractivity contribution in [1.82, 2.24) is 9.78 Å². The molecule has 0 atom stereocenters. The lowest BCUT2D eigenvalue weighted by Crippen LogP contribution is -2.20. The van der Waals surface area contributed by atoms with Gasteiger partial charge in [0.15, 0.2) is 10.9 Å². The normalized spacial score (nSPS) is 10.5. The molecule has 0 aliphatic rings. The lowest BCUT2D eigenvalue weighted by molar-refractivity contribution is 0.0601. The fraction of sp³-hybridized carbons (Fsp3) is 0.238. The van der Waals surface area contributed by atoms with Gasteiger partial charge in [0.25, 0.3) is 0 Å². The molecule has 2 aromatic heterocycles. The van der Waals surface area contributed by atoms with E-state index in [4.69, 9.17) is 33.3 Å². The predicted molar refractivity (Wildman–Crippen MR) is 129 cm³/mol. The van der Waals surface area contributed by atoms with Crippen molar-refractivity contribution in [1.29, 1.82) is 0 Å².